The second-order valence-electron chi connectivity index (χ2n) is 8.90. The zero-order valence-electron chi connectivity index (χ0n) is 17.8. The molecule has 6 heteroatoms. The van der Waals surface area contributed by atoms with Gasteiger partial charge in [0.25, 0.3) is 0 Å². The standard InChI is InChI=1S/C26H25BrN2O3/c1-2-16-14-19(27)10-11-20(16)28-24(30)21(12-15-6-4-3-5-7-15)29-25(31)22-17-8-9-18(13-17)23(22)26(29)32/h3-11,14,17-18,21-23H,2,12-13H2,1H3,(H,28,30)/t17-,18-,21+,22-,23-/m0/s1. The van der Waals surface area contributed by atoms with E-state index >= 15 is 0 Å². The maximum Gasteiger partial charge on any atom is 0.248 e. The largest absolute Gasteiger partial charge is 0.324 e. The summed E-state index contributed by atoms with van der Waals surface area (Å²) in [5.41, 5.74) is 2.61. The lowest BCUT2D eigenvalue weighted by atomic mass is 9.85. The molecular formula is C26H25BrN2O3. The molecule has 1 saturated carbocycles. The monoisotopic (exact) mass is 492 g/mol. The van der Waals surface area contributed by atoms with E-state index in [0.717, 1.165) is 28.4 Å². The lowest BCUT2D eigenvalue weighted by Gasteiger charge is -2.27. The summed E-state index contributed by atoms with van der Waals surface area (Å²) in [6.45, 7) is 2.02. The maximum atomic E-state index is 13.6. The van der Waals surface area contributed by atoms with Crippen LogP contribution in [0.5, 0.6) is 0 Å². The minimum Gasteiger partial charge on any atom is -0.324 e. The molecule has 1 heterocycles. The van der Waals surface area contributed by atoms with Crippen LogP contribution in [-0.4, -0.2) is 28.7 Å². The van der Waals surface area contributed by atoms with Crippen molar-refractivity contribution >= 4 is 39.3 Å². The Kier molecular flexibility index (Phi) is 5.49. The molecule has 1 N–H and O–H groups in total. The van der Waals surface area contributed by atoms with Crippen LogP contribution in [0.4, 0.5) is 5.69 Å². The number of rotatable bonds is 6. The molecule has 1 saturated heterocycles. The van der Waals surface area contributed by atoms with Crippen LogP contribution in [0, 0.1) is 23.7 Å². The molecule has 2 aliphatic carbocycles. The number of benzene rings is 2. The van der Waals surface area contributed by atoms with Gasteiger partial charge in [-0.1, -0.05) is 65.3 Å². The molecule has 0 unspecified atom stereocenters. The van der Waals surface area contributed by atoms with Gasteiger partial charge in [-0.05, 0) is 54.0 Å². The zero-order valence-corrected chi connectivity index (χ0v) is 19.4. The molecule has 2 aromatic rings. The van der Waals surface area contributed by atoms with Crippen molar-refractivity contribution in [1.82, 2.24) is 4.90 Å². The normalized spacial score (nSPS) is 26.5. The molecule has 0 spiro atoms. The fourth-order valence-corrected chi connectivity index (χ4v) is 5.97. The number of likely N-dealkylation sites (tertiary alicyclic amines) is 1. The number of imide groups is 1. The van der Waals surface area contributed by atoms with Crippen molar-refractivity contribution in [2.45, 2.75) is 32.2 Å². The van der Waals surface area contributed by atoms with E-state index in [-0.39, 0.29) is 41.4 Å². The van der Waals surface area contributed by atoms with E-state index in [0.29, 0.717) is 12.1 Å². The number of amides is 3. The quantitative estimate of drug-likeness (QED) is 0.480. The molecular weight excluding hydrogens is 468 g/mol. The van der Waals surface area contributed by atoms with Crippen LogP contribution in [0.1, 0.15) is 24.5 Å². The molecule has 1 aliphatic heterocycles. The van der Waals surface area contributed by atoms with E-state index in [9.17, 15) is 14.4 Å². The third-order valence-corrected chi connectivity index (χ3v) is 7.59. The van der Waals surface area contributed by atoms with Gasteiger partial charge in [0.15, 0.2) is 0 Å². The molecule has 2 aromatic carbocycles. The predicted octanol–water partition coefficient (Wildman–Crippen LogP) is 4.37. The van der Waals surface area contributed by atoms with E-state index in [4.69, 9.17) is 0 Å². The van der Waals surface area contributed by atoms with Crippen molar-refractivity contribution in [3.05, 3.63) is 76.3 Å². The second-order valence-corrected chi connectivity index (χ2v) is 9.81. The Morgan fingerprint density at radius 1 is 1.06 bits per heavy atom. The van der Waals surface area contributed by atoms with Gasteiger partial charge in [0, 0.05) is 16.6 Å². The van der Waals surface area contributed by atoms with Crippen LogP contribution in [0.25, 0.3) is 0 Å². The number of fused-ring (bicyclic) bond motifs is 5. The summed E-state index contributed by atoms with van der Waals surface area (Å²) < 4.78 is 0.939. The van der Waals surface area contributed by atoms with Crippen LogP contribution in [0.2, 0.25) is 0 Å². The number of anilines is 1. The number of nitrogens with zero attached hydrogens (tertiary/aromatic N) is 1. The minimum absolute atomic E-state index is 0.116. The van der Waals surface area contributed by atoms with Crippen molar-refractivity contribution in [3.63, 3.8) is 0 Å². The van der Waals surface area contributed by atoms with Crippen LogP contribution >= 0.6 is 15.9 Å². The lowest BCUT2D eigenvalue weighted by molar-refractivity contribution is -0.147. The summed E-state index contributed by atoms with van der Waals surface area (Å²) >= 11 is 3.47. The Balaban J connectivity index is 1.47. The highest BCUT2D eigenvalue weighted by molar-refractivity contribution is 9.10. The topological polar surface area (TPSA) is 66.5 Å². The molecule has 0 aromatic heterocycles. The van der Waals surface area contributed by atoms with E-state index in [1.165, 1.54) is 4.90 Å². The van der Waals surface area contributed by atoms with Gasteiger partial charge in [-0.15, -0.1) is 0 Å². The predicted molar refractivity (Wildman–Crippen MR) is 126 cm³/mol. The number of allylic oxidation sites excluding steroid dienone is 2. The Bertz CT molecular complexity index is 1080. The highest BCUT2D eigenvalue weighted by atomic mass is 79.9. The number of carbonyl (C=O) groups is 3. The highest BCUT2D eigenvalue weighted by Gasteiger charge is 2.61. The summed E-state index contributed by atoms with van der Waals surface area (Å²) in [5.74, 6) is -1.12. The highest BCUT2D eigenvalue weighted by Crippen LogP contribution is 2.53. The maximum absolute atomic E-state index is 13.6. The van der Waals surface area contributed by atoms with Crippen molar-refractivity contribution in [1.29, 1.82) is 0 Å². The first kappa shape index (κ1) is 21.1. The average Bonchev–Trinajstić information content (AvgIpc) is 3.48. The summed E-state index contributed by atoms with van der Waals surface area (Å²) in [4.78, 5) is 41.7. The first-order chi connectivity index (χ1) is 15.5. The number of nitrogens with one attached hydrogen (secondary N) is 1. The van der Waals surface area contributed by atoms with Gasteiger partial charge in [0.2, 0.25) is 17.7 Å². The molecule has 2 fully saturated rings. The number of carbonyl (C=O) groups excluding carboxylic acids is 3. The number of halogens is 1. The molecule has 3 aliphatic rings. The van der Waals surface area contributed by atoms with Crippen LogP contribution in [0.3, 0.4) is 0 Å². The van der Waals surface area contributed by atoms with Gasteiger partial charge in [0.05, 0.1) is 11.8 Å². The van der Waals surface area contributed by atoms with E-state index in [1.807, 2.05) is 55.5 Å². The second kappa shape index (κ2) is 8.32. The lowest BCUT2D eigenvalue weighted by Crippen LogP contribution is -2.49. The van der Waals surface area contributed by atoms with Gasteiger partial charge in [-0.2, -0.15) is 0 Å². The van der Waals surface area contributed by atoms with E-state index in [2.05, 4.69) is 33.4 Å². The molecule has 5 atom stereocenters. The molecule has 164 valence electrons. The third-order valence-electron chi connectivity index (χ3n) is 7.10. The third kappa shape index (κ3) is 3.51. The van der Waals surface area contributed by atoms with Gasteiger partial charge in [0.1, 0.15) is 6.04 Å². The van der Waals surface area contributed by atoms with E-state index in [1.54, 1.807) is 0 Å². The fourth-order valence-electron chi connectivity index (χ4n) is 5.56. The molecule has 2 bridgehead atoms. The van der Waals surface area contributed by atoms with Crippen LogP contribution in [0.15, 0.2) is 65.2 Å². The fraction of sp³-hybridized carbons (Fsp3) is 0.346. The first-order valence-corrected chi connectivity index (χ1v) is 12.0. The average molecular weight is 493 g/mol. The van der Waals surface area contributed by atoms with Gasteiger partial charge in [-0.3, -0.25) is 19.3 Å². The first-order valence-electron chi connectivity index (χ1n) is 11.2. The molecule has 5 rings (SSSR count). The number of hydrogen-bond acceptors (Lipinski definition) is 3. The summed E-state index contributed by atoms with van der Waals surface area (Å²) in [6.07, 6.45) is 6.06. The molecule has 3 amide bonds. The molecule has 5 nitrogen and oxygen atoms in total. The minimum atomic E-state index is -0.879. The molecule has 32 heavy (non-hydrogen) atoms. The summed E-state index contributed by atoms with van der Waals surface area (Å²) in [5, 5.41) is 3.01. The zero-order chi connectivity index (χ0) is 22.4. The smallest absolute Gasteiger partial charge is 0.248 e. The van der Waals surface area contributed by atoms with Crippen molar-refractivity contribution in [2.75, 3.05) is 5.32 Å². The van der Waals surface area contributed by atoms with Crippen LogP contribution in [-0.2, 0) is 27.2 Å². The van der Waals surface area contributed by atoms with Crippen molar-refractivity contribution in [3.8, 4) is 0 Å². The van der Waals surface area contributed by atoms with Gasteiger partial charge < -0.3 is 5.32 Å². The van der Waals surface area contributed by atoms with Gasteiger partial charge >= 0.3 is 0 Å². The number of aryl methyl sites for hydroxylation is 1. The van der Waals surface area contributed by atoms with E-state index < -0.39 is 6.04 Å². The van der Waals surface area contributed by atoms with Crippen LogP contribution < -0.4 is 5.32 Å². The summed E-state index contributed by atoms with van der Waals surface area (Å²) in [6, 6.07) is 14.4. The van der Waals surface area contributed by atoms with Crippen molar-refractivity contribution < 1.29 is 14.4 Å². The number of hydrogen-bond donors (Lipinski definition) is 1. The summed E-state index contributed by atoms with van der Waals surface area (Å²) in [7, 11) is 0. The Morgan fingerprint density at radius 2 is 1.72 bits per heavy atom. The Labute approximate surface area is 196 Å². The Hall–Kier alpha value is -2.73. The SMILES string of the molecule is CCc1cc(Br)ccc1NC(=O)[C@@H](Cc1ccccc1)N1C(=O)[C@@H]2[C@@H](C1=O)[C@H]1C=C[C@H]2C1. The molecule has 0 radical (unpaired) electrons. The van der Waals surface area contributed by atoms with Crippen molar-refractivity contribution in [2.24, 2.45) is 23.7 Å². The Morgan fingerprint density at radius 3 is 2.34 bits per heavy atom. The van der Waals surface area contributed by atoms with Gasteiger partial charge in [-0.25, -0.2) is 0 Å².